The number of carbonyl (C=O) groups excluding carboxylic acids is 1. The van der Waals surface area contributed by atoms with E-state index in [2.05, 4.69) is 4.90 Å². The van der Waals surface area contributed by atoms with Crippen LogP contribution in [0.5, 0.6) is 0 Å². The van der Waals surface area contributed by atoms with E-state index in [9.17, 15) is 9.90 Å². The van der Waals surface area contributed by atoms with Crippen LogP contribution in [0.4, 0.5) is 11.8 Å². The summed E-state index contributed by atoms with van der Waals surface area (Å²) >= 11 is 12.9. The number of hydrogen-bond donors (Lipinski definition) is 2. The van der Waals surface area contributed by atoms with Crippen molar-refractivity contribution in [2.45, 2.75) is 32.3 Å². The standard InChI is InChI=1S/C28H29Cl2N7O2/c1-28(26(31)39)11-14-35(15-12-28)24-22-25(34-27(33-24)36-13-10-19(38)16-36)37(18-8-6-17(29)7-9-18)23(32-22)20-4-2-3-5-21(20)30/h2-9,19,38H,10-16H2,1H3,(H2,31,39)/t19-/m0/s1. The van der Waals surface area contributed by atoms with Gasteiger partial charge in [0.15, 0.2) is 17.0 Å². The Morgan fingerprint density at radius 1 is 1.00 bits per heavy atom. The van der Waals surface area contributed by atoms with Gasteiger partial charge in [-0.15, -0.1) is 0 Å². The maximum Gasteiger partial charge on any atom is 0.229 e. The summed E-state index contributed by atoms with van der Waals surface area (Å²) in [5.74, 6) is 1.56. The first-order valence-electron chi connectivity index (χ1n) is 13.0. The van der Waals surface area contributed by atoms with Crippen molar-refractivity contribution in [3.63, 3.8) is 0 Å². The maximum absolute atomic E-state index is 12.1. The van der Waals surface area contributed by atoms with Gasteiger partial charge in [-0.2, -0.15) is 9.97 Å². The number of halogens is 2. The number of nitrogens with zero attached hydrogens (tertiary/aromatic N) is 6. The van der Waals surface area contributed by atoms with E-state index in [0.29, 0.717) is 84.2 Å². The molecule has 0 radical (unpaired) electrons. The number of amides is 1. The van der Waals surface area contributed by atoms with Crippen molar-refractivity contribution < 1.29 is 9.90 Å². The fraction of sp³-hybridized carbons (Fsp3) is 0.357. The Morgan fingerprint density at radius 3 is 2.36 bits per heavy atom. The highest BCUT2D eigenvalue weighted by molar-refractivity contribution is 6.33. The fourth-order valence-electron chi connectivity index (χ4n) is 5.33. The molecule has 11 heteroatoms. The number of imidazole rings is 1. The van der Waals surface area contributed by atoms with Crippen LogP contribution in [0.25, 0.3) is 28.2 Å². The first-order valence-corrected chi connectivity index (χ1v) is 13.8. The second-order valence-corrected chi connectivity index (χ2v) is 11.4. The van der Waals surface area contributed by atoms with E-state index in [1.54, 1.807) is 0 Å². The molecular formula is C28H29Cl2N7O2. The lowest BCUT2D eigenvalue weighted by molar-refractivity contribution is -0.127. The summed E-state index contributed by atoms with van der Waals surface area (Å²) in [7, 11) is 0. The Labute approximate surface area is 236 Å². The van der Waals surface area contributed by atoms with Crippen LogP contribution in [0.2, 0.25) is 10.0 Å². The minimum atomic E-state index is -0.560. The third-order valence-corrected chi connectivity index (χ3v) is 8.47. The van der Waals surface area contributed by atoms with Gasteiger partial charge in [0, 0.05) is 47.9 Å². The average Bonchev–Trinajstić information content (AvgIpc) is 3.53. The first kappa shape index (κ1) is 25.9. The molecule has 0 unspecified atom stereocenters. The number of nitrogens with two attached hydrogens (primary N) is 1. The Hall–Kier alpha value is -3.40. The number of rotatable bonds is 5. The molecule has 0 bridgehead atoms. The number of β-amino-alcohol motifs (C(OH)–C–C–N with tert-alkyl or cyclic N) is 1. The Kier molecular flexibility index (Phi) is 6.61. The van der Waals surface area contributed by atoms with Gasteiger partial charge in [0.1, 0.15) is 5.82 Å². The molecule has 1 amide bonds. The zero-order valence-electron chi connectivity index (χ0n) is 21.5. The Balaban J connectivity index is 1.58. The number of aliphatic hydroxyl groups is 1. The van der Waals surface area contributed by atoms with Crippen molar-refractivity contribution in [1.82, 2.24) is 19.5 Å². The van der Waals surface area contributed by atoms with Crippen LogP contribution in [0, 0.1) is 5.41 Å². The third kappa shape index (κ3) is 4.68. The van der Waals surface area contributed by atoms with E-state index < -0.39 is 11.5 Å². The summed E-state index contributed by atoms with van der Waals surface area (Å²) in [4.78, 5) is 31.4. The van der Waals surface area contributed by atoms with Crippen molar-refractivity contribution in [2.24, 2.45) is 11.1 Å². The lowest BCUT2D eigenvalue weighted by atomic mass is 9.80. The van der Waals surface area contributed by atoms with E-state index >= 15 is 0 Å². The van der Waals surface area contributed by atoms with E-state index in [1.807, 2.05) is 64.9 Å². The number of aromatic nitrogens is 4. The van der Waals surface area contributed by atoms with Crippen LogP contribution < -0.4 is 15.5 Å². The van der Waals surface area contributed by atoms with Gasteiger partial charge < -0.3 is 20.6 Å². The van der Waals surface area contributed by atoms with Crippen molar-refractivity contribution in [3.8, 4) is 17.1 Å². The van der Waals surface area contributed by atoms with Crippen molar-refractivity contribution in [1.29, 1.82) is 0 Å². The molecule has 3 N–H and O–H groups in total. The SMILES string of the molecule is CC1(C(N)=O)CCN(c2nc(N3CC[C@H](O)C3)nc3c2nc(-c2ccccc2Cl)n3-c2ccc(Cl)cc2)CC1. The zero-order chi connectivity index (χ0) is 27.3. The quantitative estimate of drug-likeness (QED) is 0.367. The molecule has 0 saturated carbocycles. The Bertz CT molecular complexity index is 1550. The summed E-state index contributed by atoms with van der Waals surface area (Å²) in [5, 5.41) is 11.4. The predicted molar refractivity (Wildman–Crippen MR) is 154 cm³/mol. The molecule has 2 aliphatic rings. The monoisotopic (exact) mass is 565 g/mol. The largest absolute Gasteiger partial charge is 0.391 e. The summed E-state index contributed by atoms with van der Waals surface area (Å²) in [6, 6.07) is 15.1. The van der Waals surface area contributed by atoms with Crippen molar-refractivity contribution >= 4 is 52.0 Å². The number of piperidine rings is 1. The number of aliphatic hydroxyl groups excluding tert-OH is 1. The van der Waals surface area contributed by atoms with Crippen molar-refractivity contribution in [3.05, 3.63) is 58.6 Å². The zero-order valence-corrected chi connectivity index (χ0v) is 23.0. The molecule has 0 spiro atoms. The highest BCUT2D eigenvalue weighted by Crippen LogP contribution is 2.39. The Morgan fingerprint density at radius 2 is 1.72 bits per heavy atom. The van der Waals surface area contributed by atoms with Gasteiger partial charge in [-0.05, 0) is 55.7 Å². The molecule has 2 fully saturated rings. The van der Waals surface area contributed by atoms with Crippen LogP contribution in [0.3, 0.4) is 0 Å². The number of carbonyl (C=O) groups is 1. The van der Waals surface area contributed by atoms with Gasteiger partial charge in [0.05, 0.1) is 11.1 Å². The smallest absolute Gasteiger partial charge is 0.229 e. The van der Waals surface area contributed by atoms with E-state index in [1.165, 1.54) is 0 Å². The molecule has 1 atom stereocenters. The fourth-order valence-corrected chi connectivity index (χ4v) is 5.68. The molecule has 0 aliphatic carbocycles. The second kappa shape index (κ2) is 9.97. The van der Waals surface area contributed by atoms with Crippen LogP contribution in [-0.2, 0) is 4.79 Å². The highest BCUT2D eigenvalue weighted by Gasteiger charge is 2.37. The molecule has 6 rings (SSSR count). The molecule has 2 aromatic heterocycles. The van der Waals surface area contributed by atoms with E-state index in [4.69, 9.17) is 43.9 Å². The molecule has 4 aromatic rings. The third-order valence-electron chi connectivity index (χ3n) is 7.88. The van der Waals surface area contributed by atoms with E-state index in [0.717, 1.165) is 11.3 Å². The maximum atomic E-state index is 12.1. The number of primary amides is 1. The van der Waals surface area contributed by atoms with Crippen LogP contribution in [-0.4, -0.2) is 62.8 Å². The molecule has 2 aliphatic heterocycles. The second-order valence-electron chi connectivity index (χ2n) is 10.5. The van der Waals surface area contributed by atoms with Crippen LogP contribution in [0.15, 0.2) is 48.5 Å². The van der Waals surface area contributed by atoms with Gasteiger partial charge >= 0.3 is 0 Å². The lowest BCUT2D eigenvalue weighted by Gasteiger charge is -2.38. The topological polar surface area (TPSA) is 113 Å². The molecular weight excluding hydrogens is 537 g/mol. The first-order chi connectivity index (χ1) is 18.7. The highest BCUT2D eigenvalue weighted by atomic mass is 35.5. The molecule has 202 valence electrons. The number of hydrogen-bond acceptors (Lipinski definition) is 7. The molecule has 4 heterocycles. The van der Waals surface area contributed by atoms with Crippen LogP contribution in [0.1, 0.15) is 26.2 Å². The summed E-state index contributed by atoms with van der Waals surface area (Å²) in [5.41, 5.74) is 8.00. The van der Waals surface area contributed by atoms with Gasteiger partial charge in [-0.1, -0.05) is 42.3 Å². The molecule has 2 aromatic carbocycles. The lowest BCUT2D eigenvalue weighted by Crippen LogP contribution is -2.45. The summed E-state index contributed by atoms with van der Waals surface area (Å²) in [6.07, 6.45) is 1.44. The predicted octanol–water partition coefficient (Wildman–Crippen LogP) is 4.45. The number of benzene rings is 2. The summed E-state index contributed by atoms with van der Waals surface area (Å²) < 4.78 is 1.98. The number of anilines is 2. The van der Waals surface area contributed by atoms with Gasteiger partial charge in [-0.25, -0.2) is 4.98 Å². The average molecular weight is 566 g/mol. The normalized spacial score (nSPS) is 19.1. The molecule has 9 nitrogen and oxygen atoms in total. The van der Waals surface area contributed by atoms with Crippen molar-refractivity contribution in [2.75, 3.05) is 36.0 Å². The number of fused-ring (bicyclic) bond motifs is 1. The van der Waals surface area contributed by atoms with Gasteiger partial charge in [-0.3, -0.25) is 9.36 Å². The van der Waals surface area contributed by atoms with Gasteiger partial charge in [0.25, 0.3) is 0 Å². The minimum Gasteiger partial charge on any atom is -0.391 e. The molecule has 2 saturated heterocycles. The van der Waals surface area contributed by atoms with E-state index in [-0.39, 0.29) is 5.91 Å². The molecule has 39 heavy (non-hydrogen) atoms. The summed E-state index contributed by atoms with van der Waals surface area (Å²) in [6.45, 7) is 4.23. The minimum absolute atomic E-state index is 0.283. The van der Waals surface area contributed by atoms with Gasteiger partial charge in [0.2, 0.25) is 11.9 Å². The van der Waals surface area contributed by atoms with Crippen LogP contribution >= 0.6 is 23.2 Å².